The molecule has 0 N–H and O–H groups in total. The van der Waals surface area contributed by atoms with E-state index in [-0.39, 0.29) is 5.54 Å². The SMILES string of the molecule is CCCCC12CC(=O)CCN1CCc1c2ccc(OC)c1OC. The number of fused-ring (bicyclic) bond motifs is 3. The highest BCUT2D eigenvalue weighted by Crippen LogP contribution is 2.49. The molecule has 4 heteroatoms. The Morgan fingerprint density at radius 1 is 1.17 bits per heavy atom. The van der Waals surface area contributed by atoms with Crippen molar-refractivity contribution in [3.05, 3.63) is 23.3 Å². The zero-order chi connectivity index (χ0) is 16.4. The summed E-state index contributed by atoms with van der Waals surface area (Å²) in [4.78, 5) is 14.8. The molecule has 0 spiro atoms. The number of ketones is 1. The fraction of sp³-hybridized carbons (Fsp3) is 0.632. The fourth-order valence-electron chi connectivity index (χ4n) is 4.36. The van der Waals surface area contributed by atoms with Crippen molar-refractivity contribution in [3.8, 4) is 11.5 Å². The Morgan fingerprint density at radius 2 is 1.96 bits per heavy atom. The van der Waals surface area contributed by atoms with Gasteiger partial charge in [-0.25, -0.2) is 0 Å². The number of Topliss-reactive ketones (excluding diaryl/α,β-unsaturated/α-hetero) is 1. The number of piperidine rings is 1. The maximum absolute atomic E-state index is 12.3. The summed E-state index contributed by atoms with van der Waals surface area (Å²) in [7, 11) is 3.38. The largest absolute Gasteiger partial charge is 0.493 e. The number of carbonyl (C=O) groups excluding carboxylic acids is 1. The average Bonchev–Trinajstić information content (AvgIpc) is 2.58. The zero-order valence-electron chi connectivity index (χ0n) is 14.5. The third kappa shape index (κ3) is 2.63. The molecular weight excluding hydrogens is 290 g/mol. The Labute approximate surface area is 138 Å². The van der Waals surface area contributed by atoms with E-state index in [2.05, 4.69) is 17.9 Å². The van der Waals surface area contributed by atoms with Gasteiger partial charge in [-0.1, -0.05) is 25.8 Å². The summed E-state index contributed by atoms with van der Waals surface area (Å²) >= 11 is 0. The van der Waals surface area contributed by atoms with Gasteiger partial charge in [-0.3, -0.25) is 9.69 Å². The average molecular weight is 317 g/mol. The van der Waals surface area contributed by atoms with Crippen LogP contribution in [-0.2, 0) is 16.8 Å². The van der Waals surface area contributed by atoms with Crippen molar-refractivity contribution >= 4 is 5.78 Å². The summed E-state index contributed by atoms with van der Waals surface area (Å²) in [5.74, 6) is 2.02. The van der Waals surface area contributed by atoms with Gasteiger partial charge in [0.25, 0.3) is 0 Å². The molecule has 0 radical (unpaired) electrons. The number of methoxy groups -OCH3 is 2. The van der Waals surface area contributed by atoms with Crippen LogP contribution >= 0.6 is 0 Å². The molecule has 1 aromatic rings. The lowest BCUT2D eigenvalue weighted by Gasteiger charge is -2.51. The second kappa shape index (κ2) is 6.52. The van der Waals surface area contributed by atoms with Crippen LogP contribution in [0.1, 0.15) is 50.2 Å². The Bertz CT molecular complexity index is 599. The number of nitrogens with zero attached hydrogens (tertiary/aromatic N) is 1. The number of unbranched alkanes of at least 4 members (excludes halogenated alkanes) is 1. The minimum atomic E-state index is -0.140. The molecule has 126 valence electrons. The highest BCUT2D eigenvalue weighted by Gasteiger charge is 2.46. The van der Waals surface area contributed by atoms with Crippen LogP contribution in [0.15, 0.2) is 12.1 Å². The summed E-state index contributed by atoms with van der Waals surface area (Å²) in [6.45, 7) is 4.09. The molecule has 0 saturated carbocycles. The second-order valence-corrected chi connectivity index (χ2v) is 6.66. The molecule has 1 atom stereocenters. The molecule has 1 unspecified atom stereocenters. The van der Waals surface area contributed by atoms with Crippen molar-refractivity contribution in [3.63, 3.8) is 0 Å². The third-order valence-corrected chi connectivity index (χ3v) is 5.48. The van der Waals surface area contributed by atoms with Gasteiger partial charge in [-0.05, 0) is 24.5 Å². The summed E-state index contributed by atoms with van der Waals surface area (Å²) in [5.41, 5.74) is 2.37. The Morgan fingerprint density at radius 3 is 2.65 bits per heavy atom. The third-order valence-electron chi connectivity index (χ3n) is 5.48. The summed E-state index contributed by atoms with van der Waals surface area (Å²) in [6.07, 6.45) is 5.60. The van der Waals surface area contributed by atoms with Crippen LogP contribution in [0.2, 0.25) is 0 Å². The van der Waals surface area contributed by atoms with E-state index >= 15 is 0 Å². The van der Waals surface area contributed by atoms with Gasteiger partial charge in [-0.2, -0.15) is 0 Å². The molecule has 2 aliphatic rings. The van der Waals surface area contributed by atoms with Crippen LogP contribution in [0, 0.1) is 0 Å². The number of hydrogen-bond donors (Lipinski definition) is 0. The van der Waals surface area contributed by atoms with Crippen molar-refractivity contribution in [1.29, 1.82) is 0 Å². The molecule has 0 aromatic heterocycles. The van der Waals surface area contributed by atoms with E-state index in [0.717, 1.165) is 50.3 Å². The highest BCUT2D eigenvalue weighted by atomic mass is 16.5. The predicted octanol–water partition coefficient (Wildman–Crippen LogP) is 3.31. The maximum atomic E-state index is 12.3. The molecule has 0 bridgehead atoms. The van der Waals surface area contributed by atoms with Crippen molar-refractivity contribution in [2.75, 3.05) is 27.3 Å². The fourth-order valence-corrected chi connectivity index (χ4v) is 4.36. The smallest absolute Gasteiger partial charge is 0.164 e. The molecule has 4 nitrogen and oxygen atoms in total. The van der Waals surface area contributed by atoms with Crippen LogP contribution in [0.4, 0.5) is 0 Å². The van der Waals surface area contributed by atoms with Crippen molar-refractivity contribution in [2.45, 2.75) is 51.0 Å². The topological polar surface area (TPSA) is 38.8 Å². The normalized spacial score (nSPS) is 24.0. The Balaban J connectivity index is 2.13. The standard InChI is InChI=1S/C19H27NO3/c1-4-5-10-19-13-14(21)8-11-20(19)12-9-15-16(19)6-7-17(22-2)18(15)23-3/h6-7H,4-5,8-13H2,1-3H3. The first-order valence-electron chi connectivity index (χ1n) is 8.67. The molecule has 0 amide bonds. The minimum absolute atomic E-state index is 0.140. The van der Waals surface area contributed by atoms with E-state index in [9.17, 15) is 4.79 Å². The van der Waals surface area contributed by atoms with E-state index in [1.807, 2.05) is 6.07 Å². The monoisotopic (exact) mass is 317 g/mol. The second-order valence-electron chi connectivity index (χ2n) is 6.66. The van der Waals surface area contributed by atoms with E-state index < -0.39 is 0 Å². The van der Waals surface area contributed by atoms with E-state index in [0.29, 0.717) is 18.6 Å². The molecule has 0 aliphatic carbocycles. The Kier molecular flexibility index (Phi) is 4.62. The van der Waals surface area contributed by atoms with Gasteiger partial charge >= 0.3 is 0 Å². The van der Waals surface area contributed by atoms with Gasteiger partial charge in [0.1, 0.15) is 5.78 Å². The zero-order valence-corrected chi connectivity index (χ0v) is 14.5. The summed E-state index contributed by atoms with van der Waals surface area (Å²) < 4.78 is 11.1. The number of hydrogen-bond acceptors (Lipinski definition) is 4. The van der Waals surface area contributed by atoms with E-state index in [4.69, 9.17) is 9.47 Å². The first kappa shape index (κ1) is 16.3. The van der Waals surface area contributed by atoms with E-state index in [1.165, 1.54) is 11.1 Å². The van der Waals surface area contributed by atoms with Crippen molar-refractivity contribution < 1.29 is 14.3 Å². The lowest BCUT2D eigenvalue weighted by molar-refractivity contribution is -0.128. The molecule has 1 fully saturated rings. The van der Waals surface area contributed by atoms with Crippen LogP contribution in [-0.4, -0.2) is 38.0 Å². The number of ether oxygens (including phenoxy) is 2. The highest BCUT2D eigenvalue weighted by molar-refractivity contribution is 5.81. The lowest BCUT2D eigenvalue weighted by Crippen LogP contribution is -2.55. The van der Waals surface area contributed by atoms with Crippen LogP contribution in [0.3, 0.4) is 0 Å². The first-order chi connectivity index (χ1) is 11.2. The van der Waals surface area contributed by atoms with Gasteiger partial charge in [0, 0.05) is 31.5 Å². The van der Waals surface area contributed by atoms with Gasteiger partial charge in [0.15, 0.2) is 11.5 Å². The summed E-state index contributed by atoms with van der Waals surface area (Å²) in [5, 5.41) is 0. The van der Waals surface area contributed by atoms with Gasteiger partial charge in [0.05, 0.1) is 19.8 Å². The first-order valence-corrected chi connectivity index (χ1v) is 8.67. The van der Waals surface area contributed by atoms with E-state index in [1.54, 1.807) is 14.2 Å². The number of benzene rings is 1. The number of carbonyl (C=O) groups is 1. The lowest BCUT2D eigenvalue weighted by atomic mass is 9.71. The molecule has 2 aliphatic heterocycles. The minimum Gasteiger partial charge on any atom is -0.493 e. The van der Waals surface area contributed by atoms with Gasteiger partial charge in [0.2, 0.25) is 0 Å². The van der Waals surface area contributed by atoms with Crippen molar-refractivity contribution in [1.82, 2.24) is 4.90 Å². The van der Waals surface area contributed by atoms with Gasteiger partial charge in [-0.15, -0.1) is 0 Å². The molecular formula is C19H27NO3. The maximum Gasteiger partial charge on any atom is 0.164 e. The summed E-state index contributed by atoms with van der Waals surface area (Å²) in [6, 6.07) is 4.16. The quantitative estimate of drug-likeness (QED) is 0.835. The molecule has 23 heavy (non-hydrogen) atoms. The van der Waals surface area contributed by atoms with Crippen LogP contribution in [0.5, 0.6) is 11.5 Å². The Hall–Kier alpha value is -1.55. The molecule has 3 rings (SSSR count). The van der Waals surface area contributed by atoms with Crippen molar-refractivity contribution in [2.24, 2.45) is 0 Å². The van der Waals surface area contributed by atoms with Crippen LogP contribution in [0.25, 0.3) is 0 Å². The molecule has 1 aromatic carbocycles. The molecule has 2 heterocycles. The predicted molar refractivity (Wildman–Crippen MR) is 90.3 cm³/mol. The van der Waals surface area contributed by atoms with Gasteiger partial charge < -0.3 is 9.47 Å². The number of rotatable bonds is 5. The molecule has 1 saturated heterocycles. The van der Waals surface area contributed by atoms with Crippen LogP contribution < -0.4 is 9.47 Å².